The van der Waals surface area contributed by atoms with Crippen LogP contribution in [0.2, 0.25) is 0 Å². The van der Waals surface area contributed by atoms with Gasteiger partial charge in [-0.2, -0.15) is 0 Å². The van der Waals surface area contributed by atoms with E-state index in [0.717, 1.165) is 0 Å². The molecule has 0 saturated carbocycles. The van der Waals surface area contributed by atoms with Crippen LogP contribution in [-0.4, -0.2) is 18.3 Å². The molecule has 2 aliphatic heterocycles. The van der Waals surface area contributed by atoms with Crippen molar-refractivity contribution in [2.24, 2.45) is 0 Å². The summed E-state index contributed by atoms with van der Waals surface area (Å²) in [4.78, 5) is 0. The molecule has 76 heavy (non-hydrogen) atoms. The zero-order valence-corrected chi connectivity index (χ0v) is 42.7. The molecule has 4 aromatic heterocycles. The van der Waals surface area contributed by atoms with Crippen LogP contribution in [0.5, 0.6) is 0 Å². The Balaban J connectivity index is 0.833. The molecular weight excluding hydrogens is 921 g/mol. The zero-order chi connectivity index (χ0) is 50.3. The molecule has 4 heteroatoms. The lowest BCUT2D eigenvalue weighted by atomic mass is 9.70. The van der Waals surface area contributed by atoms with Crippen molar-refractivity contribution in [1.82, 2.24) is 18.3 Å². The van der Waals surface area contributed by atoms with E-state index in [-0.39, 0.29) is 10.8 Å². The van der Waals surface area contributed by atoms with Crippen LogP contribution in [0.3, 0.4) is 0 Å². The van der Waals surface area contributed by atoms with Crippen LogP contribution in [-0.2, 0) is 10.8 Å². The molecular formula is C72H50N4. The van der Waals surface area contributed by atoms with Crippen molar-refractivity contribution in [2.75, 3.05) is 0 Å². The first-order valence-corrected chi connectivity index (χ1v) is 26.8. The number of fused-ring (bicyclic) bond motifs is 16. The minimum Gasteiger partial charge on any atom is -0.309 e. The molecule has 2 aliphatic rings. The maximum absolute atomic E-state index is 2.60. The first kappa shape index (κ1) is 42.0. The van der Waals surface area contributed by atoms with E-state index in [1.807, 2.05) is 0 Å². The third-order valence-corrected chi connectivity index (χ3v) is 17.9. The maximum Gasteiger partial charge on any atom is 0.0582 e. The van der Waals surface area contributed by atoms with Crippen LogP contribution in [0.1, 0.15) is 49.9 Å². The van der Waals surface area contributed by atoms with Crippen LogP contribution in [0, 0.1) is 0 Å². The highest BCUT2D eigenvalue weighted by atomic mass is 15.0. The van der Waals surface area contributed by atoms with Gasteiger partial charge in [0.1, 0.15) is 0 Å². The lowest BCUT2D eigenvalue weighted by Gasteiger charge is -2.40. The van der Waals surface area contributed by atoms with Gasteiger partial charge in [-0.3, -0.25) is 0 Å². The van der Waals surface area contributed by atoms with E-state index in [4.69, 9.17) is 0 Å². The highest BCUT2D eigenvalue weighted by molar-refractivity contribution is 6.16. The van der Waals surface area contributed by atoms with Crippen LogP contribution < -0.4 is 0 Å². The number of nitrogens with zero attached hydrogens (tertiary/aromatic N) is 4. The van der Waals surface area contributed by atoms with E-state index in [2.05, 4.69) is 276 Å². The smallest absolute Gasteiger partial charge is 0.0582 e. The number of rotatable bonds is 4. The molecule has 0 unspecified atom stereocenters. The standard InChI is InChI=1S/C72H50N4/c1-71(2)57-25-15-23-51-55-39-45(43-29-33-63-53(37-43)49-21-11-13-27-61(49)73(63)47-17-7-5-8-18-47)31-35-65(55)75(69(51)57)67-42-60-68(41-59(67)71)76-66-36-32-46(40-56(66)52-24-16-26-58(70(52)76)72(60,3)4)44-30-34-64-54(38-44)50-22-12-14-28-62(50)74(64)48-19-9-6-10-20-48/h5-42H,1-4H3. The number of hydrogen-bond acceptors (Lipinski definition) is 0. The van der Waals surface area contributed by atoms with Crippen molar-refractivity contribution in [1.29, 1.82) is 0 Å². The van der Waals surface area contributed by atoms with E-state index in [1.54, 1.807) is 0 Å². The molecule has 0 saturated heterocycles. The fraction of sp³-hybridized carbons (Fsp3) is 0.0833. The molecule has 0 amide bonds. The zero-order valence-electron chi connectivity index (χ0n) is 42.7. The van der Waals surface area contributed by atoms with E-state index in [0.29, 0.717) is 0 Å². The van der Waals surface area contributed by atoms with Crippen LogP contribution in [0.4, 0.5) is 0 Å². The summed E-state index contributed by atoms with van der Waals surface area (Å²) in [5.41, 5.74) is 24.6. The Morgan fingerprint density at radius 2 is 0.553 bits per heavy atom. The van der Waals surface area contributed by atoms with Gasteiger partial charge in [-0.05, 0) is 142 Å². The molecule has 6 heterocycles. The normalized spacial score (nSPS) is 14.3. The Bertz CT molecular complexity index is 4710. The molecule has 358 valence electrons. The quantitative estimate of drug-likeness (QED) is 0.167. The second kappa shape index (κ2) is 14.7. The molecule has 17 rings (SSSR count). The van der Waals surface area contributed by atoms with Crippen molar-refractivity contribution in [3.05, 3.63) is 253 Å². The molecule has 0 atom stereocenters. The third-order valence-electron chi connectivity index (χ3n) is 17.9. The number of para-hydroxylation sites is 6. The van der Waals surface area contributed by atoms with Crippen LogP contribution in [0.25, 0.3) is 132 Å². The van der Waals surface area contributed by atoms with Gasteiger partial charge in [0.15, 0.2) is 0 Å². The fourth-order valence-electron chi connectivity index (χ4n) is 14.3. The number of hydrogen-bond donors (Lipinski definition) is 0. The van der Waals surface area contributed by atoms with Gasteiger partial charge < -0.3 is 18.3 Å². The Morgan fingerprint density at radius 3 is 0.947 bits per heavy atom. The lowest BCUT2D eigenvalue weighted by molar-refractivity contribution is 0.610. The van der Waals surface area contributed by atoms with E-state index >= 15 is 0 Å². The van der Waals surface area contributed by atoms with Crippen molar-refractivity contribution in [3.8, 4) is 45.0 Å². The summed E-state index contributed by atoms with van der Waals surface area (Å²) in [7, 11) is 0. The fourth-order valence-corrected chi connectivity index (χ4v) is 14.3. The van der Waals surface area contributed by atoms with Gasteiger partial charge >= 0.3 is 0 Å². The SMILES string of the molecule is CC1(C)c2cc3c(cc2-n2c4ccc(-c5ccc6c(c5)c5ccccc5n6-c5ccccc5)cc4c4cccc1c42)C(C)(C)c1cccc2c4cc(-c5ccc6c(c5)c5ccccc5n6-c5ccccc5)ccc4n-3c12. The number of benzene rings is 11. The molecule has 0 bridgehead atoms. The predicted octanol–water partition coefficient (Wildman–Crippen LogP) is 18.7. The topological polar surface area (TPSA) is 19.7 Å². The molecule has 11 aromatic carbocycles. The Kier molecular flexibility index (Phi) is 8.12. The number of aromatic nitrogens is 4. The predicted molar refractivity (Wildman–Crippen MR) is 319 cm³/mol. The van der Waals surface area contributed by atoms with Gasteiger partial charge in [0.25, 0.3) is 0 Å². The van der Waals surface area contributed by atoms with Crippen molar-refractivity contribution in [3.63, 3.8) is 0 Å². The highest BCUT2D eigenvalue weighted by Crippen LogP contribution is 2.54. The highest BCUT2D eigenvalue weighted by Gasteiger charge is 2.41. The average Bonchev–Trinajstić information content (AvgIpc) is 4.38. The Labute approximate surface area is 439 Å². The van der Waals surface area contributed by atoms with E-state index in [9.17, 15) is 0 Å². The van der Waals surface area contributed by atoms with Gasteiger partial charge in [0, 0.05) is 65.3 Å². The van der Waals surface area contributed by atoms with Gasteiger partial charge in [-0.1, -0.05) is 161 Å². The molecule has 4 nitrogen and oxygen atoms in total. The summed E-state index contributed by atoms with van der Waals surface area (Å²) in [6.07, 6.45) is 0. The summed E-state index contributed by atoms with van der Waals surface area (Å²) in [5, 5.41) is 10.2. The summed E-state index contributed by atoms with van der Waals surface area (Å²) < 4.78 is 9.99. The van der Waals surface area contributed by atoms with Crippen LogP contribution in [0.15, 0.2) is 231 Å². The monoisotopic (exact) mass is 970 g/mol. The lowest BCUT2D eigenvalue weighted by Crippen LogP contribution is -2.31. The van der Waals surface area contributed by atoms with Crippen molar-refractivity contribution < 1.29 is 0 Å². The summed E-state index contributed by atoms with van der Waals surface area (Å²) in [6.45, 7) is 9.75. The molecule has 15 aromatic rings. The molecule has 0 spiro atoms. The first-order chi connectivity index (χ1) is 37.2. The van der Waals surface area contributed by atoms with Gasteiger partial charge in [0.05, 0.1) is 55.5 Å². The summed E-state index contributed by atoms with van der Waals surface area (Å²) in [6, 6.07) is 86.6. The Hall–Kier alpha value is -9.38. The van der Waals surface area contributed by atoms with Gasteiger partial charge in [-0.25, -0.2) is 0 Å². The second-order valence-corrected chi connectivity index (χ2v) is 22.5. The van der Waals surface area contributed by atoms with E-state index in [1.165, 1.54) is 154 Å². The van der Waals surface area contributed by atoms with Gasteiger partial charge in [0.2, 0.25) is 0 Å². The third kappa shape index (κ3) is 5.37. The second-order valence-electron chi connectivity index (χ2n) is 22.5. The summed E-state index contributed by atoms with van der Waals surface area (Å²) in [5.74, 6) is 0. The molecule has 0 radical (unpaired) electrons. The van der Waals surface area contributed by atoms with Gasteiger partial charge in [-0.15, -0.1) is 0 Å². The van der Waals surface area contributed by atoms with Crippen molar-refractivity contribution >= 4 is 87.2 Å². The largest absolute Gasteiger partial charge is 0.309 e. The van der Waals surface area contributed by atoms with Crippen molar-refractivity contribution in [2.45, 2.75) is 38.5 Å². The minimum absolute atomic E-state index is 0.270. The minimum atomic E-state index is -0.270. The Morgan fingerprint density at radius 1 is 0.237 bits per heavy atom. The van der Waals surface area contributed by atoms with Crippen LogP contribution >= 0.6 is 0 Å². The molecule has 0 fully saturated rings. The average molecular weight is 971 g/mol. The van der Waals surface area contributed by atoms with E-state index < -0.39 is 0 Å². The molecule has 0 N–H and O–H groups in total. The first-order valence-electron chi connectivity index (χ1n) is 26.8. The molecule has 0 aliphatic carbocycles. The maximum atomic E-state index is 2.60. The summed E-state index contributed by atoms with van der Waals surface area (Å²) >= 11 is 0.